The average Bonchev–Trinajstić information content (AvgIpc) is 2.52. The molecule has 0 saturated carbocycles. The van der Waals surface area contributed by atoms with Gasteiger partial charge in [-0.2, -0.15) is 22.5 Å². The lowest BCUT2D eigenvalue weighted by molar-refractivity contribution is -0.137. The maximum atomic E-state index is 13.4. The second-order valence-electron chi connectivity index (χ2n) is 4.88. The zero-order valence-electron chi connectivity index (χ0n) is 12.2. The summed E-state index contributed by atoms with van der Waals surface area (Å²) < 4.78 is 53.7. The van der Waals surface area contributed by atoms with Crippen molar-refractivity contribution in [2.45, 2.75) is 6.18 Å². The topological polar surface area (TPSA) is 59.3 Å². The van der Waals surface area contributed by atoms with Crippen molar-refractivity contribution in [2.75, 3.05) is 12.4 Å². The lowest BCUT2D eigenvalue weighted by Gasteiger charge is -2.14. The van der Waals surface area contributed by atoms with Crippen LogP contribution in [0.2, 0.25) is 0 Å². The lowest BCUT2D eigenvalue weighted by Crippen LogP contribution is -2.18. The number of alkyl halides is 3. The molecule has 5 nitrogen and oxygen atoms in total. The Morgan fingerprint density at radius 2 is 1.92 bits per heavy atom. The van der Waals surface area contributed by atoms with Gasteiger partial charge in [-0.15, -0.1) is 0 Å². The summed E-state index contributed by atoms with van der Waals surface area (Å²) in [6.07, 6.45) is -3.45. The van der Waals surface area contributed by atoms with E-state index in [9.17, 15) is 22.4 Å². The largest absolute Gasteiger partial charge is 0.416 e. The molecule has 24 heavy (non-hydrogen) atoms. The second-order valence-corrected chi connectivity index (χ2v) is 4.88. The Morgan fingerprint density at radius 3 is 2.54 bits per heavy atom. The average molecular weight is 338 g/mol. The molecule has 0 aromatic carbocycles. The van der Waals surface area contributed by atoms with E-state index in [1.165, 1.54) is 23.6 Å². The molecule has 0 unspecified atom stereocenters. The molecule has 0 fully saturated rings. The third-order valence-electron chi connectivity index (χ3n) is 3.38. The molecule has 124 valence electrons. The first-order valence-electron chi connectivity index (χ1n) is 6.75. The molecular weight excluding hydrogens is 328 g/mol. The van der Waals surface area contributed by atoms with Crippen molar-refractivity contribution in [2.24, 2.45) is 0 Å². The van der Waals surface area contributed by atoms with Gasteiger partial charge in [0.1, 0.15) is 0 Å². The molecule has 3 heterocycles. The Morgan fingerprint density at radius 1 is 1.17 bits per heavy atom. The van der Waals surface area contributed by atoms with Crippen LogP contribution in [-0.4, -0.2) is 21.4 Å². The predicted molar refractivity (Wildman–Crippen MR) is 79.2 cm³/mol. The van der Waals surface area contributed by atoms with Crippen LogP contribution >= 0.6 is 0 Å². The predicted octanol–water partition coefficient (Wildman–Crippen LogP) is 2.96. The maximum Gasteiger partial charge on any atom is 0.416 e. The smallest absolute Gasteiger partial charge is 0.358 e. The first kappa shape index (κ1) is 15.9. The number of hydrogen-bond donors (Lipinski definition) is 1. The first-order valence-corrected chi connectivity index (χ1v) is 6.75. The minimum absolute atomic E-state index is 0.0591. The summed E-state index contributed by atoms with van der Waals surface area (Å²) in [5, 5.41) is 2.64. The van der Waals surface area contributed by atoms with Crippen LogP contribution in [0.3, 0.4) is 0 Å². The van der Waals surface area contributed by atoms with Gasteiger partial charge in [-0.1, -0.05) is 6.07 Å². The van der Waals surface area contributed by atoms with Gasteiger partial charge >= 0.3 is 6.18 Å². The Labute approximate surface area is 132 Å². The second kappa shape index (κ2) is 5.59. The number of fused-ring (bicyclic) bond motifs is 1. The van der Waals surface area contributed by atoms with E-state index in [4.69, 9.17) is 0 Å². The highest BCUT2D eigenvalue weighted by molar-refractivity contribution is 5.79. The number of nitrogens with one attached hydrogen (secondary N) is 1. The van der Waals surface area contributed by atoms with Crippen molar-refractivity contribution in [3.05, 3.63) is 58.4 Å². The monoisotopic (exact) mass is 338 g/mol. The molecule has 0 atom stereocenters. The van der Waals surface area contributed by atoms with E-state index in [0.717, 1.165) is 24.4 Å². The number of rotatable bonds is 2. The van der Waals surface area contributed by atoms with Crippen molar-refractivity contribution in [3.8, 4) is 11.3 Å². The van der Waals surface area contributed by atoms with Crippen LogP contribution < -0.4 is 10.9 Å². The van der Waals surface area contributed by atoms with E-state index >= 15 is 0 Å². The highest BCUT2D eigenvalue weighted by atomic mass is 19.4. The molecule has 1 N–H and O–H groups in total. The van der Waals surface area contributed by atoms with Crippen molar-refractivity contribution in [3.63, 3.8) is 0 Å². The Bertz CT molecular complexity index is 981. The van der Waals surface area contributed by atoms with Gasteiger partial charge in [0.15, 0.2) is 0 Å². The van der Waals surface area contributed by atoms with E-state index in [2.05, 4.69) is 15.3 Å². The van der Waals surface area contributed by atoms with Crippen molar-refractivity contribution >= 4 is 11.5 Å². The number of hydrogen-bond acceptors (Lipinski definition) is 4. The highest BCUT2D eigenvalue weighted by Gasteiger charge is 2.31. The first-order chi connectivity index (χ1) is 11.3. The van der Waals surface area contributed by atoms with Crippen LogP contribution in [0.25, 0.3) is 16.8 Å². The van der Waals surface area contributed by atoms with Crippen LogP contribution in [0.1, 0.15) is 5.56 Å². The van der Waals surface area contributed by atoms with Gasteiger partial charge in [-0.3, -0.25) is 9.20 Å². The summed E-state index contributed by atoms with van der Waals surface area (Å²) in [6.45, 7) is 0. The fourth-order valence-corrected chi connectivity index (χ4v) is 2.33. The van der Waals surface area contributed by atoms with Crippen molar-refractivity contribution in [1.82, 2.24) is 14.4 Å². The lowest BCUT2D eigenvalue weighted by atomic mass is 10.1. The third-order valence-corrected chi connectivity index (χ3v) is 3.38. The van der Waals surface area contributed by atoms with Gasteiger partial charge in [0.2, 0.25) is 11.9 Å². The Hall–Kier alpha value is -2.97. The van der Waals surface area contributed by atoms with Gasteiger partial charge in [0.05, 0.1) is 22.3 Å². The molecule has 3 aromatic heterocycles. The van der Waals surface area contributed by atoms with Gasteiger partial charge in [-0.25, -0.2) is 4.98 Å². The van der Waals surface area contributed by atoms with Crippen LogP contribution in [0.4, 0.5) is 23.5 Å². The maximum absolute atomic E-state index is 13.4. The molecule has 3 aromatic rings. The standard InChI is InChI=1S/C15H10F4N4O/c1-20-14-22-13(24)12(9-3-2-4-11(16)21-9)10-7-8(15(17,18)19)5-6-23(10)14/h2-7H,1H3,(H,20,22,24). The molecule has 0 radical (unpaired) electrons. The van der Waals surface area contributed by atoms with Crippen LogP contribution in [-0.2, 0) is 6.18 Å². The number of aromatic nitrogens is 3. The molecule has 0 spiro atoms. The fourth-order valence-electron chi connectivity index (χ4n) is 2.33. The molecule has 0 saturated heterocycles. The molecule has 0 aliphatic rings. The minimum atomic E-state index is -4.59. The van der Waals surface area contributed by atoms with E-state index in [-0.39, 0.29) is 22.7 Å². The number of pyridine rings is 2. The number of nitrogens with zero attached hydrogens (tertiary/aromatic N) is 3. The fraction of sp³-hybridized carbons (Fsp3) is 0.133. The molecule has 0 aliphatic carbocycles. The zero-order valence-corrected chi connectivity index (χ0v) is 12.2. The summed E-state index contributed by atoms with van der Waals surface area (Å²) >= 11 is 0. The van der Waals surface area contributed by atoms with E-state index in [1.807, 2.05) is 0 Å². The zero-order chi connectivity index (χ0) is 17.5. The van der Waals surface area contributed by atoms with Crippen molar-refractivity contribution in [1.29, 1.82) is 0 Å². The van der Waals surface area contributed by atoms with Gasteiger partial charge < -0.3 is 5.32 Å². The minimum Gasteiger partial charge on any atom is -0.358 e. The molecule has 9 heteroatoms. The van der Waals surface area contributed by atoms with E-state index < -0.39 is 23.2 Å². The normalized spacial score (nSPS) is 11.7. The summed E-state index contributed by atoms with van der Waals surface area (Å²) in [7, 11) is 1.48. The quantitative estimate of drug-likeness (QED) is 0.576. The molecular formula is C15H10F4N4O. The van der Waals surface area contributed by atoms with Crippen LogP contribution in [0.5, 0.6) is 0 Å². The van der Waals surface area contributed by atoms with E-state index in [0.29, 0.717) is 0 Å². The summed E-state index contributed by atoms with van der Waals surface area (Å²) in [5.74, 6) is -0.793. The van der Waals surface area contributed by atoms with Gasteiger partial charge in [-0.05, 0) is 24.3 Å². The van der Waals surface area contributed by atoms with Gasteiger partial charge in [0, 0.05) is 13.2 Å². The molecule has 3 rings (SSSR count). The Kier molecular flexibility index (Phi) is 3.70. The number of anilines is 1. The Balaban J connectivity index is 2.43. The third kappa shape index (κ3) is 2.68. The van der Waals surface area contributed by atoms with Gasteiger partial charge in [0.25, 0.3) is 5.56 Å². The number of halogens is 4. The van der Waals surface area contributed by atoms with Crippen LogP contribution in [0, 0.1) is 5.95 Å². The highest BCUT2D eigenvalue weighted by Crippen LogP contribution is 2.32. The molecule has 0 bridgehead atoms. The summed E-state index contributed by atoms with van der Waals surface area (Å²) in [5.41, 5.74) is -2.12. The SMILES string of the molecule is CNc1nc(=O)c(-c2cccc(F)n2)c2cc(C(F)(F)F)ccn12. The van der Waals surface area contributed by atoms with Crippen molar-refractivity contribution < 1.29 is 17.6 Å². The summed E-state index contributed by atoms with van der Waals surface area (Å²) in [6, 6.07) is 5.39. The van der Waals surface area contributed by atoms with E-state index in [1.54, 1.807) is 0 Å². The van der Waals surface area contributed by atoms with Crippen LogP contribution in [0.15, 0.2) is 41.3 Å². The molecule has 0 aliphatic heterocycles. The summed E-state index contributed by atoms with van der Waals surface area (Å²) in [4.78, 5) is 19.6. The molecule has 0 amide bonds.